The zero-order chi connectivity index (χ0) is 21.9. The molecule has 0 saturated carbocycles. The van der Waals surface area contributed by atoms with Crippen LogP contribution in [0.1, 0.15) is 28.8 Å². The fourth-order valence-electron chi connectivity index (χ4n) is 3.77. The van der Waals surface area contributed by atoms with Crippen molar-refractivity contribution in [1.82, 2.24) is 4.98 Å². The zero-order valence-corrected chi connectivity index (χ0v) is 18.4. The van der Waals surface area contributed by atoms with E-state index in [9.17, 15) is 4.79 Å². The SMILES string of the molecule is COCCCC(=O)c1cccc(Nc2nc3cc(C4=NN=NC4)ccc3c3sccc23)c1. The van der Waals surface area contributed by atoms with Crippen molar-refractivity contribution >= 4 is 55.3 Å². The molecule has 0 spiro atoms. The summed E-state index contributed by atoms with van der Waals surface area (Å²) in [6, 6.07) is 15.8. The van der Waals surface area contributed by atoms with Gasteiger partial charge >= 0.3 is 0 Å². The Kier molecular flexibility index (Phi) is 5.70. The maximum Gasteiger partial charge on any atom is 0.163 e. The van der Waals surface area contributed by atoms with Gasteiger partial charge in [0.15, 0.2) is 5.78 Å². The Morgan fingerprint density at radius 2 is 2.09 bits per heavy atom. The number of anilines is 2. The summed E-state index contributed by atoms with van der Waals surface area (Å²) in [5.41, 5.74) is 4.20. The molecule has 0 atom stereocenters. The van der Waals surface area contributed by atoms with Crippen LogP contribution in [-0.4, -0.2) is 36.7 Å². The van der Waals surface area contributed by atoms with Crippen LogP contribution in [0, 0.1) is 0 Å². The minimum absolute atomic E-state index is 0.107. The fourth-order valence-corrected chi connectivity index (χ4v) is 4.70. The fraction of sp³-hybridized carbons (Fsp3) is 0.208. The number of benzene rings is 2. The number of pyridine rings is 1. The number of methoxy groups -OCH3 is 1. The van der Waals surface area contributed by atoms with Crippen molar-refractivity contribution in [3.63, 3.8) is 0 Å². The van der Waals surface area contributed by atoms with E-state index in [-0.39, 0.29) is 5.78 Å². The number of ketones is 1. The van der Waals surface area contributed by atoms with Crippen LogP contribution in [0.2, 0.25) is 0 Å². The van der Waals surface area contributed by atoms with Gasteiger partial charge in [-0.25, -0.2) is 4.98 Å². The number of thiophene rings is 1. The number of aromatic nitrogens is 1. The Hall–Kier alpha value is -3.49. The van der Waals surface area contributed by atoms with E-state index in [1.807, 2.05) is 36.4 Å². The molecular formula is C24H21N5O2S. The second-order valence-electron chi connectivity index (χ2n) is 7.52. The maximum absolute atomic E-state index is 12.5. The summed E-state index contributed by atoms with van der Waals surface area (Å²) in [7, 11) is 1.64. The van der Waals surface area contributed by atoms with Gasteiger partial charge in [-0.05, 0) is 41.3 Å². The number of nitrogens with zero attached hydrogens (tertiary/aromatic N) is 4. The average molecular weight is 444 g/mol. The summed E-state index contributed by atoms with van der Waals surface area (Å²) >= 11 is 1.69. The Morgan fingerprint density at radius 1 is 1.16 bits per heavy atom. The summed E-state index contributed by atoms with van der Waals surface area (Å²) in [5, 5.41) is 19.4. The summed E-state index contributed by atoms with van der Waals surface area (Å²) in [6.07, 6.45) is 1.18. The molecule has 32 heavy (non-hydrogen) atoms. The normalized spacial score (nSPS) is 13.1. The molecular weight excluding hydrogens is 422 g/mol. The van der Waals surface area contributed by atoms with Crippen LogP contribution < -0.4 is 5.32 Å². The van der Waals surface area contributed by atoms with Crippen LogP contribution in [0.4, 0.5) is 11.5 Å². The predicted octanol–water partition coefficient (Wildman–Crippen LogP) is 5.97. The minimum Gasteiger partial charge on any atom is -0.385 e. The van der Waals surface area contributed by atoms with Crippen molar-refractivity contribution in [2.45, 2.75) is 12.8 Å². The first-order valence-electron chi connectivity index (χ1n) is 10.4. The van der Waals surface area contributed by atoms with Crippen LogP contribution in [0.25, 0.3) is 21.0 Å². The highest BCUT2D eigenvalue weighted by Crippen LogP contribution is 2.35. The quantitative estimate of drug-likeness (QED) is 0.268. The molecule has 0 unspecified atom stereocenters. The van der Waals surface area contributed by atoms with Crippen LogP contribution in [0.3, 0.4) is 0 Å². The Labute approximate surface area is 188 Å². The molecule has 2 aromatic heterocycles. The van der Waals surface area contributed by atoms with Gasteiger partial charge in [-0.1, -0.05) is 24.3 Å². The van der Waals surface area contributed by atoms with Crippen LogP contribution in [0.15, 0.2) is 69.3 Å². The summed E-state index contributed by atoms with van der Waals surface area (Å²) in [6.45, 7) is 1.07. The monoisotopic (exact) mass is 443 g/mol. The molecule has 2 aromatic carbocycles. The summed E-state index contributed by atoms with van der Waals surface area (Å²) in [5.74, 6) is 0.869. The lowest BCUT2D eigenvalue weighted by atomic mass is 10.1. The van der Waals surface area contributed by atoms with Crippen LogP contribution in [-0.2, 0) is 4.74 Å². The van der Waals surface area contributed by atoms with E-state index in [4.69, 9.17) is 9.72 Å². The maximum atomic E-state index is 12.5. The van der Waals surface area contributed by atoms with Gasteiger partial charge in [0.1, 0.15) is 12.4 Å². The van der Waals surface area contributed by atoms with Gasteiger partial charge in [0.05, 0.1) is 11.2 Å². The molecule has 1 aliphatic rings. The van der Waals surface area contributed by atoms with Crippen molar-refractivity contribution in [1.29, 1.82) is 0 Å². The molecule has 3 heterocycles. The number of carbonyl (C=O) groups is 1. The molecule has 0 bridgehead atoms. The number of hydrogen-bond acceptors (Lipinski definition) is 8. The lowest BCUT2D eigenvalue weighted by Gasteiger charge is -2.11. The van der Waals surface area contributed by atoms with Crippen LogP contribution >= 0.6 is 11.3 Å². The van der Waals surface area contributed by atoms with E-state index in [2.05, 4.69) is 38.3 Å². The first-order valence-corrected chi connectivity index (χ1v) is 11.2. The van der Waals surface area contributed by atoms with Gasteiger partial charge in [-0.2, -0.15) is 5.11 Å². The van der Waals surface area contributed by atoms with Gasteiger partial charge in [0.2, 0.25) is 0 Å². The molecule has 0 saturated heterocycles. The molecule has 0 aliphatic carbocycles. The number of rotatable bonds is 8. The molecule has 0 amide bonds. The standard InChI is InChI=1S/C24H21N5O2S/c1-31-10-3-6-22(30)16-4-2-5-17(12-16)26-24-19-9-11-32-23(19)18-8-7-15(13-20(18)27-24)21-14-25-29-28-21/h2,4-5,7-9,11-13H,3,6,10,14H2,1H3,(H,26,27). The second-order valence-corrected chi connectivity index (χ2v) is 8.43. The van der Waals surface area contributed by atoms with Gasteiger partial charge in [0.25, 0.3) is 0 Å². The van der Waals surface area contributed by atoms with Crippen molar-refractivity contribution < 1.29 is 9.53 Å². The van der Waals surface area contributed by atoms with Crippen LogP contribution in [0.5, 0.6) is 0 Å². The van der Waals surface area contributed by atoms with E-state index < -0.39 is 0 Å². The van der Waals surface area contributed by atoms with Gasteiger partial charge < -0.3 is 10.1 Å². The highest BCUT2D eigenvalue weighted by Gasteiger charge is 2.14. The third-order valence-electron chi connectivity index (χ3n) is 5.38. The van der Waals surface area contributed by atoms with Crippen molar-refractivity contribution in [2.24, 2.45) is 15.4 Å². The van der Waals surface area contributed by atoms with Gasteiger partial charge in [-0.3, -0.25) is 4.79 Å². The van der Waals surface area contributed by atoms with E-state index in [0.29, 0.717) is 31.6 Å². The van der Waals surface area contributed by atoms with E-state index in [1.54, 1.807) is 18.4 Å². The number of hydrogen-bond donors (Lipinski definition) is 1. The Morgan fingerprint density at radius 3 is 2.94 bits per heavy atom. The summed E-state index contributed by atoms with van der Waals surface area (Å²) < 4.78 is 6.22. The minimum atomic E-state index is 0.107. The molecule has 1 N–H and O–H groups in total. The first kappa shape index (κ1) is 20.4. The summed E-state index contributed by atoms with van der Waals surface area (Å²) in [4.78, 5) is 17.4. The highest BCUT2D eigenvalue weighted by molar-refractivity contribution is 7.18. The average Bonchev–Trinajstić information content (AvgIpc) is 3.52. The third-order valence-corrected chi connectivity index (χ3v) is 6.32. The van der Waals surface area contributed by atoms with E-state index in [1.165, 1.54) is 4.70 Å². The largest absolute Gasteiger partial charge is 0.385 e. The molecule has 8 heteroatoms. The number of nitrogens with one attached hydrogen (secondary N) is 1. The van der Waals surface area contributed by atoms with E-state index >= 15 is 0 Å². The lowest BCUT2D eigenvalue weighted by molar-refractivity contribution is 0.0963. The molecule has 1 aliphatic heterocycles. The number of carbonyl (C=O) groups excluding carboxylic acids is 1. The number of fused-ring (bicyclic) bond motifs is 3. The molecule has 4 aromatic rings. The smallest absolute Gasteiger partial charge is 0.163 e. The number of ether oxygens (including phenoxy) is 1. The third kappa shape index (κ3) is 4.02. The van der Waals surface area contributed by atoms with Gasteiger partial charge in [-0.15, -0.1) is 16.4 Å². The molecule has 5 rings (SSSR count). The van der Waals surface area contributed by atoms with E-state index in [0.717, 1.165) is 39.1 Å². The molecule has 160 valence electrons. The molecule has 0 radical (unpaired) electrons. The number of Topliss-reactive ketones (excluding diaryl/α,β-unsaturated/α-hetero) is 1. The van der Waals surface area contributed by atoms with Crippen molar-refractivity contribution in [3.8, 4) is 0 Å². The van der Waals surface area contributed by atoms with Crippen molar-refractivity contribution in [3.05, 3.63) is 65.0 Å². The lowest BCUT2D eigenvalue weighted by Crippen LogP contribution is -2.03. The highest BCUT2D eigenvalue weighted by atomic mass is 32.1. The predicted molar refractivity (Wildman–Crippen MR) is 129 cm³/mol. The topological polar surface area (TPSA) is 88.3 Å². The first-order chi connectivity index (χ1) is 15.7. The van der Waals surface area contributed by atoms with Crippen molar-refractivity contribution in [2.75, 3.05) is 25.6 Å². The van der Waals surface area contributed by atoms with Gasteiger partial charge in [0, 0.05) is 52.4 Å². The molecule has 0 fully saturated rings. The Bertz CT molecular complexity index is 1380. The molecule has 7 nitrogen and oxygen atoms in total. The zero-order valence-electron chi connectivity index (χ0n) is 17.5. The Balaban J connectivity index is 1.49. The second kappa shape index (κ2) is 8.94.